The zero-order valence-corrected chi connectivity index (χ0v) is 12.9. The van der Waals surface area contributed by atoms with E-state index < -0.39 is 10.2 Å². The van der Waals surface area contributed by atoms with Crippen LogP contribution in [0, 0.1) is 0 Å². The van der Waals surface area contributed by atoms with E-state index in [4.69, 9.17) is 11.6 Å². The van der Waals surface area contributed by atoms with Crippen molar-refractivity contribution in [3.05, 3.63) is 34.9 Å². The first-order valence-corrected chi connectivity index (χ1v) is 8.85. The summed E-state index contributed by atoms with van der Waals surface area (Å²) in [7, 11) is -3.31. The van der Waals surface area contributed by atoms with Crippen LogP contribution in [0.25, 0.3) is 0 Å². The average Bonchev–Trinajstić information content (AvgIpc) is 3.00. The molecular formula is C14H19ClN2O2S. The Kier molecular flexibility index (Phi) is 3.79. The third-order valence-electron chi connectivity index (χ3n) is 4.31. The van der Waals surface area contributed by atoms with Gasteiger partial charge in [-0.3, -0.25) is 0 Å². The van der Waals surface area contributed by atoms with E-state index in [2.05, 4.69) is 4.72 Å². The number of hydrogen-bond donors (Lipinski definition) is 1. The maximum absolute atomic E-state index is 12.2. The van der Waals surface area contributed by atoms with Crippen molar-refractivity contribution in [1.29, 1.82) is 0 Å². The van der Waals surface area contributed by atoms with Gasteiger partial charge < -0.3 is 0 Å². The molecular weight excluding hydrogens is 296 g/mol. The Bertz CT molecular complexity index is 576. The molecule has 0 aromatic heterocycles. The predicted molar refractivity (Wildman–Crippen MR) is 80.1 cm³/mol. The van der Waals surface area contributed by atoms with Gasteiger partial charge in [-0.05, 0) is 43.4 Å². The molecule has 0 amide bonds. The van der Waals surface area contributed by atoms with Gasteiger partial charge in [0, 0.05) is 30.1 Å². The lowest BCUT2D eigenvalue weighted by Crippen LogP contribution is -2.42. The molecule has 1 aliphatic carbocycles. The maximum Gasteiger partial charge on any atom is 0.279 e. The Morgan fingerprint density at radius 3 is 2.30 bits per heavy atom. The van der Waals surface area contributed by atoms with E-state index in [1.54, 1.807) is 4.31 Å². The lowest BCUT2D eigenvalue weighted by Gasteiger charge is -2.20. The highest BCUT2D eigenvalue weighted by Crippen LogP contribution is 2.47. The molecule has 4 nitrogen and oxygen atoms in total. The van der Waals surface area contributed by atoms with E-state index in [1.165, 1.54) is 5.56 Å². The molecule has 3 rings (SSSR count). The van der Waals surface area contributed by atoms with Gasteiger partial charge >= 0.3 is 0 Å². The average molecular weight is 315 g/mol. The maximum atomic E-state index is 12.2. The van der Waals surface area contributed by atoms with E-state index in [1.807, 2.05) is 24.3 Å². The van der Waals surface area contributed by atoms with Crippen LogP contribution in [0.3, 0.4) is 0 Å². The number of nitrogens with zero attached hydrogens (tertiary/aromatic N) is 1. The lowest BCUT2D eigenvalue weighted by atomic mass is 9.96. The number of hydrogen-bond acceptors (Lipinski definition) is 2. The van der Waals surface area contributed by atoms with Crippen LogP contribution in [0.4, 0.5) is 0 Å². The van der Waals surface area contributed by atoms with Crippen molar-refractivity contribution in [3.63, 3.8) is 0 Å². The highest BCUT2D eigenvalue weighted by molar-refractivity contribution is 7.87. The highest BCUT2D eigenvalue weighted by Gasteiger charge is 2.45. The summed E-state index contributed by atoms with van der Waals surface area (Å²) in [6, 6.07) is 7.73. The Balaban J connectivity index is 1.67. The summed E-state index contributed by atoms with van der Waals surface area (Å²) >= 11 is 5.90. The standard InChI is InChI=1S/C14H19ClN2O2S/c15-13-5-3-12(4-6-13)14(7-8-14)11-16-20(18,19)17-9-1-2-10-17/h3-6,16H,1-2,7-11H2. The van der Waals surface area contributed by atoms with Crippen LogP contribution < -0.4 is 4.72 Å². The van der Waals surface area contributed by atoms with E-state index in [9.17, 15) is 8.42 Å². The van der Waals surface area contributed by atoms with Crippen molar-refractivity contribution in [3.8, 4) is 0 Å². The molecule has 0 bridgehead atoms. The number of rotatable bonds is 5. The van der Waals surface area contributed by atoms with Crippen molar-refractivity contribution >= 4 is 21.8 Å². The first-order chi connectivity index (χ1) is 9.52. The fourth-order valence-corrected chi connectivity index (χ4v) is 4.28. The molecule has 1 aromatic carbocycles. The van der Waals surface area contributed by atoms with Crippen molar-refractivity contribution in [2.75, 3.05) is 19.6 Å². The van der Waals surface area contributed by atoms with Gasteiger partial charge in [-0.1, -0.05) is 23.7 Å². The monoisotopic (exact) mass is 314 g/mol. The summed E-state index contributed by atoms with van der Waals surface area (Å²) < 4.78 is 28.7. The third kappa shape index (κ3) is 2.86. The lowest BCUT2D eigenvalue weighted by molar-refractivity contribution is 0.460. The third-order valence-corrected chi connectivity index (χ3v) is 6.11. The molecule has 2 aliphatic rings. The summed E-state index contributed by atoms with van der Waals surface area (Å²) in [4.78, 5) is 0. The van der Waals surface area contributed by atoms with Gasteiger partial charge in [0.1, 0.15) is 0 Å². The van der Waals surface area contributed by atoms with Crippen LogP contribution >= 0.6 is 11.6 Å². The van der Waals surface area contributed by atoms with Crippen LogP contribution in [0.5, 0.6) is 0 Å². The molecule has 0 atom stereocenters. The van der Waals surface area contributed by atoms with Crippen molar-refractivity contribution in [2.24, 2.45) is 0 Å². The van der Waals surface area contributed by atoms with Gasteiger partial charge in [0.15, 0.2) is 0 Å². The van der Waals surface area contributed by atoms with E-state index in [0.29, 0.717) is 24.7 Å². The fourth-order valence-electron chi connectivity index (χ4n) is 2.77. The Labute approximate surface area is 125 Å². The Hall–Kier alpha value is -0.620. The smallest absolute Gasteiger partial charge is 0.201 e. The van der Waals surface area contributed by atoms with Crippen LogP contribution in [0.15, 0.2) is 24.3 Å². The molecule has 1 aliphatic heterocycles. The molecule has 1 N–H and O–H groups in total. The van der Waals surface area contributed by atoms with E-state index in [-0.39, 0.29) is 5.41 Å². The van der Waals surface area contributed by atoms with Crippen LogP contribution in [0.2, 0.25) is 5.02 Å². The fraction of sp³-hybridized carbons (Fsp3) is 0.571. The van der Waals surface area contributed by atoms with Crippen molar-refractivity contribution in [1.82, 2.24) is 9.03 Å². The number of nitrogens with one attached hydrogen (secondary N) is 1. The second kappa shape index (κ2) is 5.30. The molecule has 1 saturated heterocycles. The Morgan fingerprint density at radius 1 is 1.15 bits per heavy atom. The van der Waals surface area contributed by atoms with Gasteiger partial charge in [0.2, 0.25) is 0 Å². The molecule has 1 saturated carbocycles. The molecule has 1 aromatic rings. The highest BCUT2D eigenvalue weighted by atomic mass is 35.5. The number of benzene rings is 1. The summed E-state index contributed by atoms with van der Waals surface area (Å²) in [6.45, 7) is 1.76. The molecule has 20 heavy (non-hydrogen) atoms. The van der Waals surface area contributed by atoms with Crippen LogP contribution in [-0.4, -0.2) is 32.4 Å². The molecule has 0 radical (unpaired) electrons. The van der Waals surface area contributed by atoms with Crippen LogP contribution in [0.1, 0.15) is 31.2 Å². The zero-order valence-electron chi connectivity index (χ0n) is 11.3. The van der Waals surface area contributed by atoms with Gasteiger partial charge in [-0.25, -0.2) is 4.72 Å². The largest absolute Gasteiger partial charge is 0.279 e. The molecule has 6 heteroatoms. The summed E-state index contributed by atoms with van der Waals surface area (Å²) in [5, 5.41) is 0.710. The normalized spacial score (nSPS) is 22.1. The van der Waals surface area contributed by atoms with Gasteiger partial charge in [0.05, 0.1) is 0 Å². The zero-order chi connectivity index (χ0) is 14.2. The number of halogens is 1. The quantitative estimate of drug-likeness (QED) is 0.906. The van der Waals surface area contributed by atoms with E-state index >= 15 is 0 Å². The van der Waals surface area contributed by atoms with Crippen molar-refractivity contribution < 1.29 is 8.42 Å². The van der Waals surface area contributed by atoms with Crippen molar-refractivity contribution in [2.45, 2.75) is 31.1 Å². The van der Waals surface area contributed by atoms with Gasteiger partial charge in [0.25, 0.3) is 10.2 Å². The van der Waals surface area contributed by atoms with E-state index in [0.717, 1.165) is 25.7 Å². The Morgan fingerprint density at radius 2 is 1.75 bits per heavy atom. The topological polar surface area (TPSA) is 49.4 Å². The molecule has 1 heterocycles. The minimum Gasteiger partial charge on any atom is -0.201 e. The first-order valence-electron chi connectivity index (χ1n) is 7.03. The molecule has 0 spiro atoms. The summed E-state index contributed by atoms with van der Waals surface area (Å²) in [5.41, 5.74) is 1.14. The first kappa shape index (κ1) is 14.3. The summed E-state index contributed by atoms with van der Waals surface area (Å²) in [5.74, 6) is 0. The SMILES string of the molecule is O=S(=O)(NCC1(c2ccc(Cl)cc2)CC1)N1CCCC1. The van der Waals surface area contributed by atoms with Gasteiger partial charge in [-0.2, -0.15) is 12.7 Å². The predicted octanol–water partition coefficient (Wildman–Crippen LogP) is 2.30. The summed E-state index contributed by atoms with van der Waals surface area (Å²) in [6.07, 6.45) is 3.97. The second-order valence-electron chi connectivity index (χ2n) is 5.72. The molecule has 0 unspecified atom stereocenters. The molecule has 110 valence electrons. The molecule has 2 fully saturated rings. The second-order valence-corrected chi connectivity index (χ2v) is 7.91. The van der Waals surface area contributed by atoms with Crippen LogP contribution in [-0.2, 0) is 15.6 Å². The minimum atomic E-state index is -3.31. The minimum absolute atomic E-state index is 0.0304. The van der Waals surface area contributed by atoms with Gasteiger partial charge in [-0.15, -0.1) is 0 Å².